The molecule has 1 aliphatic rings. The van der Waals surface area contributed by atoms with Gasteiger partial charge in [0.1, 0.15) is 0 Å². The summed E-state index contributed by atoms with van der Waals surface area (Å²) in [6, 6.07) is 0.681. The predicted molar refractivity (Wildman–Crippen MR) is 69.7 cm³/mol. The number of rotatable bonds is 4. The summed E-state index contributed by atoms with van der Waals surface area (Å²) in [6.45, 7) is 7.66. The van der Waals surface area contributed by atoms with Crippen molar-refractivity contribution in [1.82, 2.24) is 4.90 Å². The van der Waals surface area contributed by atoms with Gasteiger partial charge in [0.2, 0.25) is 0 Å². The van der Waals surface area contributed by atoms with Crippen LogP contribution in [0.4, 0.5) is 0 Å². The van der Waals surface area contributed by atoms with Gasteiger partial charge in [-0.15, -0.1) is 0 Å². The van der Waals surface area contributed by atoms with E-state index in [2.05, 4.69) is 25.8 Å². The van der Waals surface area contributed by atoms with Crippen LogP contribution in [0.1, 0.15) is 40.0 Å². The van der Waals surface area contributed by atoms with Gasteiger partial charge in [-0.25, -0.2) is 0 Å². The molecular weight excluding hydrogens is 198 g/mol. The second-order valence-electron chi connectivity index (χ2n) is 5.87. The summed E-state index contributed by atoms with van der Waals surface area (Å²) >= 11 is 0. The van der Waals surface area contributed by atoms with Gasteiger partial charge in [0.25, 0.3) is 0 Å². The minimum atomic E-state index is 0.178. The number of nitrogens with two attached hydrogens (primary N) is 1. The summed E-state index contributed by atoms with van der Waals surface area (Å²) in [4.78, 5) is 2.40. The van der Waals surface area contributed by atoms with Crippen molar-refractivity contribution in [2.75, 3.05) is 13.6 Å². The summed E-state index contributed by atoms with van der Waals surface area (Å²) in [5.74, 6) is 2.16. The maximum Gasteiger partial charge on any atom is 0.0947 e. The highest BCUT2D eigenvalue weighted by atomic mass is 15.1. The molecule has 1 rings (SSSR count). The molecule has 1 fully saturated rings. The lowest BCUT2D eigenvalue weighted by molar-refractivity contribution is 0.128. The fourth-order valence-corrected chi connectivity index (χ4v) is 2.94. The van der Waals surface area contributed by atoms with Gasteiger partial charge in [-0.2, -0.15) is 0 Å². The third kappa shape index (κ3) is 3.78. The number of nitrogens with one attached hydrogen (secondary N) is 1. The molecule has 0 bridgehead atoms. The average Bonchev–Trinajstić information content (AvgIpc) is 2.15. The van der Waals surface area contributed by atoms with Crippen LogP contribution in [-0.4, -0.2) is 30.4 Å². The van der Waals surface area contributed by atoms with E-state index in [4.69, 9.17) is 11.1 Å². The second kappa shape index (κ2) is 5.67. The predicted octanol–water partition coefficient (Wildman–Crippen LogP) is 2.31. The van der Waals surface area contributed by atoms with Crippen LogP contribution in [0.25, 0.3) is 0 Å². The first-order valence-electron chi connectivity index (χ1n) is 6.44. The van der Waals surface area contributed by atoms with Gasteiger partial charge in [-0.05, 0) is 38.1 Å². The molecule has 1 saturated carbocycles. The van der Waals surface area contributed by atoms with Crippen molar-refractivity contribution in [2.45, 2.75) is 46.1 Å². The van der Waals surface area contributed by atoms with Crippen molar-refractivity contribution < 1.29 is 0 Å². The van der Waals surface area contributed by atoms with E-state index >= 15 is 0 Å². The Morgan fingerprint density at radius 1 is 1.31 bits per heavy atom. The first-order chi connectivity index (χ1) is 7.40. The van der Waals surface area contributed by atoms with E-state index in [1.807, 2.05) is 6.92 Å². The van der Waals surface area contributed by atoms with Crippen LogP contribution in [0.2, 0.25) is 0 Å². The Balaban J connectivity index is 2.46. The lowest BCUT2D eigenvalue weighted by atomic mass is 9.80. The molecular formula is C13H27N3. The van der Waals surface area contributed by atoms with Crippen molar-refractivity contribution in [3.8, 4) is 0 Å². The molecule has 3 heteroatoms. The molecule has 3 nitrogen and oxygen atoms in total. The van der Waals surface area contributed by atoms with Crippen LogP contribution >= 0.6 is 0 Å². The molecule has 3 unspecified atom stereocenters. The van der Waals surface area contributed by atoms with Gasteiger partial charge in [-0.1, -0.05) is 20.8 Å². The fourth-order valence-electron chi connectivity index (χ4n) is 2.94. The zero-order valence-electron chi connectivity index (χ0n) is 11.2. The molecule has 0 saturated heterocycles. The highest BCUT2D eigenvalue weighted by molar-refractivity contribution is 5.79. The van der Waals surface area contributed by atoms with Crippen LogP contribution in [0.15, 0.2) is 0 Å². The van der Waals surface area contributed by atoms with E-state index in [1.165, 1.54) is 19.3 Å². The van der Waals surface area contributed by atoms with Crippen molar-refractivity contribution in [2.24, 2.45) is 23.5 Å². The van der Waals surface area contributed by atoms with Crippen molar-refractivity contribution >= 4 is 5.84 Å². The standard InChI is InChI=1S/C13H27N3/c1-9-5-10(2)7-12(6-9)16(4)8-11(3)13(14)15/h9-12H,5-8H2,1-4H3,(H3,14,15). The maximum absolute atomic E-state index is 7.44. The van der Waals surface area contributed by atoms with E-state index in [-0.39, 0.29) is 5.92 Å². The van der Waals surface area contributed by atoms with Crippen LogP contribution < -0.4 is 5.73 Å². The van der Waals surface area contributed by atoms with E-state index < -0.39 is 0 Å². The number of amidine groups is 1. The fraction of sp³-hybridized carbons (Fsp3) is 0.923. The Bertz CT molecular complexity index is 229. The first-order valence-corrected chi connectivity index (χ1v) is 6.44. The summed E-state index contributed by atoms with van der Waals surface area (Å²) in [5, 5.41) is 7.44. The van der Waals surface area contributed by atoms with Gasteiger partial charge in [-0.3, -0.25) is 5.41 Å². The Labute approximate surface area is 99.9 Å². The third-order valence-corrected chi connectivity index (χ3v) is 3.87. The maximum atomic E-state index is 7.44. The smallest absolute Gasteiger partial charge is 0.0947 e. The molecule has 1 aliphatic carbocycles. The third-order valence-electron chi connectivity index (χ3n) is 3.87. The quantitative estimate of drug-likeness (QED) is 0.570. The van der Waals surface area contributed by atoms with Crippen LogP contribution in [0, 0.1) is 23.2 Å². The molecule has 94 valence electrons. The second-order valence-corrected chi connectivity index (χ2v) is 5.87. The van der Waals surface area contributed by atoms with Crippen molar-refractivity contribution in [3.63, 3.8) is 0 Å². The van der Waals surface area contributed by atoms with E-state index in [9.17, 15) is 0 Å². The molecule has 0 aromatic rings. The molecule has 3 atom stereocenters. The number of hydrogen-bond donors (Lipinski definition) is 2. The minimum absolute atomic E-state index is 0.178. The zero-order chi connectivity index (χ0) is 12.3. The number of nitrogens with zero attached hydrogens (tertiary/aromatic N) is 1. The lowest BCUT2D eigenvalue weighted by Crippen LogP contribution is -2.42. The van der Waals surface area contributed by atoms with E-state index in [0.29, 0.717) is 11.9 Å². The van der Waals surface area contributed by atoms with Gasteiger partial charge >= 0.3 is 0 Å². The molecule has 0 radical (unpaired) electrons. The van der Waals surface area contributed by atoms with Crippen LogP contribution in [0.5, 0.6) is 0 Å². The van der Waals surface area contributed by atoms with Crippen molar-refractivity contribution in [3.05, 3.63) is 0 Å². The summed E-state index contributed by atoms with van der Waals surface area (Å²) < 4.78 is 0. The van der Waals surface area contributed by atoms with Crippen molar-refractivity contribution in [1.29, 1.82) is 5.41 Å². The van der Waals surface area contributed by atoms with E-state index in [1.54, 1.807) is 0 Å². The van der Waals surface area contributed by atoms with Gasteiger partial charge < -0.3 is 10.6 Å². The normalized spacial score (nSPS) is 32.7. The Morgan fingerprint density at radius 3 is 2.25 bits per heavy atom. The summed E-state index contributed by atoms with van der Waals surface area (Å²) in [6.07, 6.45) is 3.96. The zero-order valence-corrected chi connectivity index (χ0v) is 11.2. The van der Waals surface area contributed by atoms with Gasteiger partial charge in [0, 0.05) is 18.5 Å². The molecule has 0 spiro atoms. The first kappa shape index (κ1) is 13.5. The summed E-state index contributed by atoms with van der Waals surface area (Å²) in [7, 11) is 2.18. The highest BCUT2D eigenvalue weighted by Crippen LogP contribution is 2.31. The lowest BCUT2D eigenvalue weighted by Gasteiger charge is -2.38. The Hall–Kier alpha value is -0.570. The highest BCUT2D eigenvalue weighted by Gasteiger charge is 2.27. The minimum Gasteiger partial charge on any atom is -0.387 e. The van der Waals surface area contributed by atoms with E-state index in [0.717, 1.165) is 18.4 Å². The molecule has 3 N–H and O–H groups in total. The van der Waals surface area contributed by atoms with Gasteiger partial charge in [0.15, 0.2) is 0 Å². The Morgan fingerprint density at radius 2 is 1.81 bits per heavy atom. The summed E-state index contributed by atoms with van der Waals surface area (Å²) in [5.41, 5.74) is 5.53. The molecule has 0 heterocycles. The number of hydrogen-bond acceptors (Lipinski definition) is 2. The molecule has 16 heavy (non-hydrogen) atoms. The molecule has 0 aromatic heterocycles. The topological polar surface area (TPSA) is 53.1 Å². The monoisotopic (exact) mass is 225 g/mol. The Kier molecular flexibility index (Phi) is 4.78. The van der Waals surface area contributed by atoms with Gasteiger partial charge in [0.05, 0.1) is 5.84 Å². The van der Waals surface area contributed by atoms with Crippen LogP contribution in [0.3, 0.4) is 0 Å². The molecule has 0 amide bonds. The average molecular weight is 225 g/mol. The molecule has 0 aromatic carbocycles. The largest absolute Gasteiger partial charge is 0.387 e. The SMILES string of the molecule is CC1CC(C)CC(N(C)CC(C)C(=N)N)C1. The van der Waals surface area contributed by atoms with Crippen LogP contribution in [-0.2, 0) is 0 Å². The molecule has 0 aliphatic heterocycles.